The molecule has 1 amide bonds. The van der Waals surface area contributed by atoms with E-state index in [0.717, 1.165) is 19.5 Å². The molecule has 0 aromatic carbocycles. The summed E-state index contributed by atoms with van der Waals surface area (Å²) in [6.07, 6.45) is 1.43. The van der Waals surface area contributed by atoms with E-state index in [1.807, 2.05) is 6.92 Å². The SMILES string of the molecule is CC1CN(CCCC#N)CC(=O)N1. The van der Waals surface area contributed by atoms with Crippen molar-refractivity contribution in [2.45, 2.75) is 25.8 Å². The Morgan fingerprint density at radius 1 is 1.77 bits per heavy atom. The summed E-state index contributed by atoms with van der Waals surface area (Å²) in [4.78, 5) is 13.2. The molecule has 1 heterocycles. The van der Waals surface area contributed by atoms with Gasteiger partial charge in [0.15, 0.2) is 0 Å². The number of rotatable bonds is 3. The van der Waals surface area contributed by atoms with Crippen LogP contribution in [0.25, 0.3) is 0 Å². The summed E-state index contributed by atoms with van der Waals surface area (Å²) < 4.78 is 0. The van der Waals surface area contributed by atoms with Gasteiger partial charge in [-0.2, -0.15) is 5.26 Å². The number of nitrogens with zero attached hydrogens (tertiary/aromatic N) is 2. The lowest BCUT2D eigenvalue weighted by Crippen LogP contribution is -2.52. The largest absolute Gasteiger partial charge is 0.351 e. The Morgan fingerprint density at radius 3 is 3.15 bits per heavy atom. The minimum absolute atomic E-state index is 0.0932. The van der Waals surface area contributed by atoms with Gasteiger partial charge in [0.05, 0.1) is 12.6 Å². The highest BCUT2D eigenvalue weighted by molar-refractivity contribution is 5.79. The van der Waals surface area contributed by atoms with Crippen molar-refractivity contribution in [3.8, 4) is 6.07 Å². The van der Waals surface area contributed by atoms with E-state index in [1.165, 1.54) is 0 Å². The molecule has 1 aliphatic heterocycles. The average molecular weight is 181 g/mol. The van der Waals surface area contributed by atoms with Crippen molar-refractivity contribution >= 4 is 5.91 Å². The molecular weight excluding hydrogens is 166 g/mol. The van der Waals surface area contributed by atoms with Crippen molar-refractivity contribution in [3.63, 3.8) is 0 Å². The molecule has 0 saturated carbocycles. The van der Waals surface area contributed by atoms with E-state index >= 15 is 0 Å². The van der Waals surface area contributed by atoms with Gasteiger partial charge in [0, 0.05) is 19.0 Å². The van der Waals surface area contributed by atoms with Gasteiger partial charge in [0.2, 0.25) is 5.91 Å². The molecule has 0 aromatic heterocycles. The summed E-state index contributed by atoms with van der Waals surface area (Å²) in [7, 11) is 0. The fourth-order valence-electron chi connectivity index (χ4n) is 1.57. The smallest absolute Gasteiger partial charge is 0.234 e. The highest BCUT2D eigenvalue weighted by Gasteiger charge is 2.20. The van der Waals surface area contributed by atoms with Gasteiger partial charge in [0.1, 0.15) is 0 Å². The molecule has 4 heteroatoms. The van der Waals surface area contributed by atoms with Crippen LogP contribution in [0.5, 0.6) is 0 Å². The molecule has 13 heavy (non-hydrogen) atoms. The average Bonchev–Trinajstić information content (AvgIpc) is 2.03. The molecule has 1 saturated heterocycles. The van der Waals surface area contributed by atoms with Gasteiger partial charge in [-0.3, -0.25) is 9.69 Å². The lowest BCUT2D eigenvalue weighted by molar-refractivity contribution is -0.125. The van der Waals surface area contributed by atoms with Crippen LogP contribution in [0.3, 0.4) is 0 Å². The first-order valence-electron chi connectivity index (χ1n) is 4.61. The molecule has 0 aromatic rings. The quantitative estimate of drug-likeness (QED) is 0.629. The second-order valence-corrected chi connectivity index (χ2v) is 3.47. The summed E-state index contributed by atoms with van der Waals surface area (Å²) >= 11 is 0. The molecule has 1 aliphatic rings. The van der Waals surface area contributed by atoms with Crippen molar-refractivity contribution in [2.24, 2.45) is 0 Å². The summed E-state index contributed by atoms with van der Waals surface area (Å²) in [6, 6.07) is 2.34. The Morgan fingerprint density at radius 2 is 2.54 bits per heavy atom. The van der Waals surface area contributed by atoms with E-state index in [0.29, 0.717) is 13.0 Å². The monoisotopic (exact) mass is 181 g/mol. The van der Waals surface area contributed by atoms with Gasteiger partial charge in [-0.1, -0.05) is 0 Å². The number of amides is 1. The third-order valence-electron chi connectivity index (χ3n) is 2.07. The minimum Gasteiger partial charge on any atom is -0.351 e. The number of hydrogen-bond donors (Lipinski definition) is 1. The summed E-state index contributed by atoms with van der Waals surface area (Å²) in [6.45, 7) is 4.23. The highest BCUT2D eigenvalue weighted by Crippen LogP contribution is 2.01. The maximum atomic E-state index is 11.1. The molecule has 1 unspecified atom stereocenters. The van der Waals surface area contributed by atoms with Gasteiger partial charge < -0.3 is 5.32 Å². The number of carbonyl (C=O) groups is 1. The van der Waals surface area contributed by atoms with E-state index in [1.54, 1.807) is 0 Å². The van der Waals surface area contributed by atoms with E-state index < -0.39 is 0 Å². The fourth-order valence-corrected chi connectivity index (χ4v) is 1.57. The van der Waals surface area contributed by atoms with Crippen molar-refractivity contribution in [1.29, 1.82) is 5.26 Å². The van der Waals surface area contributed by atoms with Crippen LogP contribution in [0, 0.1) is 11.3 Å². The Kier molecular flexibility index (Phi) is 3.71. The maximum absolute atomic E-state index is 11.1. The topological polar surface area (TPSA) is 56.1 Å². The van der Waals surface area contributed by atoms with Crippen LogP contribution in [-0.2, 0) is 4.79 Å². The van der Waals surface area contributed by atoms with Crippen molar-refractivity contribution in [1.82, 2.24) is 10.2 Å². The van der Waals surface area contributed by atoms with Crippen LogP contribution in [0.1, 0.15) is 19.8 Å². The molecule has 0 bridgehead atoms. The molecule has 1 N–H and O–H groups in total. The van der Waals surface area contributed by atoms with E-state index in [2.05, 4.69) is 16.3 Å². The van der Waals surface area contributed by atoms with Gasteiger partial charge >= 0.3 is 0 Å². The highest BCUT2D eigenvalue weighted by atomic mass is 16.2. The molecule has 0 radical (unpaired) electrons. The first-order chi connectivity index (χ1) is 6.22. The molecule has 1 atom stereocenters. The maximum Gasteiger partial charge on any atom is 0.234 e. The first-order valence-corrected chi connectivity index (χ1v) is 4.61. The zero-order valence-corrected chi connectivity index (χ0v) is 7.92. The zero-order valence-electron chi connectivity index (χ0n) is 7.92. The van der Waals surface area contributed by atoms with Gasteiger partial charge in [-0.25, -0.2) is 0 Å². The molecule has 72 valence electrons. The number of hydrogen-bond acceptors (Lipinski definition) is 3. The van der Waals surface area contributed by atoms with Gasteiger partial charge in [-0.15, -0.1) is 0 Å². The van der Waals surface area contributed by atoms with Gasteiger partial charge in [-0.05, 0) is 19.9 Å². The van der Waals surface area contributed by atoms with E-state index in [4.69, 9.17) is 5.26 Å². The van der Waals surface area contributed by atoms with Crippen LogP contribution >= 0.6 is 0 Å². The number of nitrogens with one attached hydrogen (secondary N) is 1. The summed E-state index contributed by atoms with van der Waals surface area (Å²) in [5.41, 5.74) is 0. The van der Waals surface area contributed by atoms with Crippen LogP contribution in [0.2, 0.25) is 0 Å². The fraction of sp³-hybridized carbons (Fsp3) is 0.778. The Labute approximate surface area is 78.5 Å². The molecule has 0 spiro atoms. The number of nitriles is 1. The van der Waals surface area contributed by atoms with Crippen molar-refractivity contribution in [3.05, 3.63) is 0 Å². The van der Waals surface area contributed by atoms with Crippen LogP contribution in [-0.4, -0.2) is 36.5 Å². The lowest BCUT2D eigenvalue weighted by atomic mass is 10.2. The molecule has 1 fully saturated rings. The summed E-state index contributed by atoms with van der Waals surface area (Å²) in [5.74, 6) is 0.0932. The summed E-state index contributed by atoms with van der Waals surface area (Å²) in [5, 5.41) is 11.2. The zero-order chi connectivity index (χ0) is 9.68. The third-order valence-corrected chi connectivity index (χ3v) is 2.07. The van der Waals surface area contributed by atoms with Gasteiger partial charge in [0.25, 0.3) is 0 Å². The normalized spacial score (nSPS) is 23.7. The Balaban J connectivity index is 2.26. The molecule has 4 nitrogen and oxygen atoms in total. The molecular formula is C9H15N3O. The lowest BCUT2D eigenvalue weighted by Gasteiger charge is -2.30. The standard InChI is InChI=1S/C9H15N3O/c1-8-6-12(5-3-2-4-10)7-9(13)11-8/h8H,2-3,5-7H2,1H3,(H,11,13). The Hall–Kier alpha value is -1.08. The number of unbranched alkanes of at least 4 members (excludes halogenated alkanes) is 1. The number of carbonyl (C=O) groups excluding carboxylic acids is 1. The second-order valence-electron chi connectivity index (χ2n) is 3.47. The Bertz CT molecular complexity index is 221. The third kappa shape index (κ3) is 3.43. The predicted molar refractivity (Wildman–Crippen MR) is 48.9 cm³/mol. The number of piperazine rings is 1. The minimum atomic E-state index is 0.0932. The van der Waals surface area contributed by atoms with Crippen molar-refractivity contribution in [2.75, 3.05) is 19.6 Å². The van der Waals surface area contributed by atoms with E-state index in [9.17, 15) is 4.79 Å². The van der Waals surface area contributed by atoms with E-state index in [-0.39, 0.29) is 11.9 Å². The van der Waals surface area contributed by atoms with Crippen molar-refractivity contribution < 1.29 is 4.79 Å². The predicted octanol–water partition coefficient (Wildman–Crippen LogP) is 0.110. The molecule has 1 rings (SSSR count). The van der Waals surface area contributed by atoms with Crippen LogP contribution in [0.4, 0.5) is 0 Å². The molecule has 0 aliphatic carbocycles. The first kappa shape index (κ1) is 10.0. The van der Waals surface area contributed by atoms with Crippen LogP contribution < -0.4 is 5.32 Å². The second kappa shape index (κ2) is 4.83. The van der Waals surface area contributed by atoms with Crippen LogP contribution in [0.15, 0.2) is 0 Å².